The normalized spacial score (nSPS) is 19.3. The molecule has 2 aliphatic rings. The average Bonchev–Trinajstić information content (AvgIpc) is 3.33. The molecular weight excluding hydrogens is 587 g/mol. The highest BCUT2D eigenvalue weighted by Crippen LogP contribution is 2.38. The number of anilines is 1. The Morgan fingerprint density at radius 1 is 0.930 bits per heavy atom. The summed E-state index contributed by atoms with van der Waals surface area (Å²) in [6.45, 7) is 8.47. The van der Waals surface area contributed by atoms with Crippen LogP contribution < -0.4 is 16.2 Å². The second-order valence-electron chi connectivity index (χ2n) is 11.5. The van der Waals surface area contributed by atoms with Crippen LogP contribution in [0.5, 0.6) is 0 Å². The van der Waals surface area contributed by atoms with Crippen molar-refractivity contribution in [3.05, 3.63) is 81.7 Å². The van der Waals surface area contributed by atoms with Crippen molar-refractivity contribution in [2.75, 3.05) is 25.0 Å². The van der Waals surface area contributed by atoms with Gasteiger partial charge < -0.3 is 5.32 Å². The summed E-state index contributed by atoms with van der Waals surface area (Å²) in [6, 6.07) is 16.0. The van der Waals surface area contributed by atoms with Crippen molar-refractivity contribution in [1.82, 2.24) is 20.1 Å². The Hall–Kier alpha value is -3.58. The number of carbonyl (C=O) groups excluding carboxylic acids is 3. The number of nitrogens with zero attached hydrogens (tertiary/aromatic N) is 2. The Morgan fingerprint density at radius 2 is 1.60 bits per heavy atom. The highest BCUT2D eigenvalue weighted by atomic mass is 32.2. The number of nitrogens with one attached hydrogen (secondary N) is 3. The predicted molar refractivity (Wildman–Crippen MR) is 166 cm³/mol. The van der Waals surface area contributed by atoms with Gasteiger partial charge in [-0.2, -0.15) is 4.31 Å². The Bertz CT molecular complexity index is 1600. The first-order chi connectivity index (χ1) is 20.5. The lowest BCUT2D eigenvalue weighted by atomic mass is 9.94. The fourth-order valence-electron chi connectivity index (χ4n) is 5.87. The lowest BCUT2D eigenvalue weighted by molar-refractivity contribution is -0.119. The van der Waals surface area contributed by atoms with Crippen molar-refractivity contribution in [2.45, 2.75) is 51.6 Å². The van der Waals surface area contributed by atoms with Crippen LogP contribution in [0.15, 0.2) is 59.5 Å². The molecule has 0 radical (unpaired) electrons. The molecule has 3 aromatic rings. The van der Waals surface area contributed by atoms with Gasteiger partial charge in [-0.15, -0.1) is 11.3 Å². The fraction of sp³-hybridized carbons (Fsp3) is 0.387. The van der Waals surface area contributed by atoms with E-state index in [1.165, 1.54) is 52.4 Å². The van der Waals surface area contributed by atoms with Crippen LogP contribution in [0.4, 0.5) is 5.00 Å². The van der Waals surface area contributed by atoms with Crippen molar-refractivity contribution in [2.24, 2.45) is 11.8 Å². The first-order valence-electron chi connectivity index (χ1n) is 14.4. The molecule has 12 heteroatoms. The lowest BCUT2D eigenvalue weighted by Crippen LogP contribution is -2.42. The van der Waals surface area contributed by atoms with E-state index in [2.05, 4.69) is 47.0 Å². The molecule has 0 aliphatic carbocycles. The second-order valence-corrected chi connectivity index (χ2v) is 14.6. The van der Waals surface area contributed by atoms with Crippen molar-refractivity contribution in [1.29, 1.82) is 0 Å². The van der Waals surface area contributed by atoms with Gasteiger partial charge in [0.1, 0.15) is 5.00 Å². The number of amides is 3. The standard InChI is InChI=1S/C31H37N5O5S2/c1-20-15-21(2)17-36(16-20)43(40,41)25-11-9-24(10-12-25)29(38)32-31-28(30(39)34-33-22(3)37)26-13-14-35(19-27(26)42-31)18-23-7-5-4-6-8-23/h4-12,20-21H,13-19H2,1-3H3,(H,32,38)(H,33,37)(H,34,39). The molecule has 2 unspecified atom stereocenters. The summed E-state index contributed by atoms with van der Waals surface area (Å²) in [6.07, 6.45) is 1.60. The molecule has 10 nitrogen and oxygen atoms in total. The molecule has 1 fully saturated rings. The summed E-state index contributed by atoms with van der Waals surface area (Å²) in [5.41, 5.74) is 7.39. The van der Waals surface area contributed by atoms with E-state index in [4.69, 9.17) is 0 Å². The number of thiophene rings is 1. The molecular formula is C31H37N5O5S2. The van der Waals surface area contributed by atoms with Crippen molar-refractivity contribution >= 4 is 44.1 Å². The molecule has 0 spiro atoms. The molecule has 3 heterocycles. The van der Waals surface area contributed by atoms with Gasteiger partial charge in [0.2, 0.25) is 15.9 Å². The largest absolute Gasteiger partial charge is 0.313 e. The zero-order valence-electron chi connectivity index (χ0n) is 24.6. The SMILES string of the molecule is CC(=O)NNC(=O)c1c(NC(=O)c2ccc(S(=O)(=O)N3CC(C)CC(C)C3)cc2)sc2c1CCN(Cc1ccccc1)C2. The summed E-state index contributed by atoms with van der Waals surface area (Å²) < 4.78 is 28.1. The van der Waals surface area contributed by atoms with Crippen LogP contribution in [-0.4, -0.2) is 55.0 Å². The van der Waals surface area contributed by atoms with Gasteiger partial charge >= 0.3 is 0 Å². The topological polar surface area (TPSA) is 128 Å². The number of benzene rings is 2. The van der Waals surface area contributed by atoms with Crippen LogP contribution in [0.1, 0.15) is 63.9 Å². The zero-order chi connectivity index (χ0) is 30.7. The quantitative estimate of drug-likeness (QED) is 0.342. The summed E-state index contributed by atoms with van der Waals surface area (Å²) >= 11 is 1.34. The van der Waals surface area contributed by atoms with Gasteiger partial charge in [0.15, 0.2) is 0 Å². The average molecular weight is 624 g/mol. The highest BCUT2D eigenvalue weighted by molar-refractivity contribution is 7.89. The summed E-state index contributed by atoms with van der Waals surface area (Å²) in [4.78, 5) is 41.4. The van der Waals surface area contributed by atoms with E-state index in [1.807, 2.05) is 18.2 Å². The summed E-state index contributed by atoms with van der Waals surface area (Å²) in [5, 5.41) is 3.26. The van der Waals surface area contributed by atoms with Gasteiger partial charge in [0.05, 0.1) is 10.5 Å². The molecule has 1 aromatic heterocycles. The third kappa shape index (κ3) is 7.15. The monoisotopic (exact) mass is 623 g/mol. The number of piperidine rings is 1. The van der Waals surface area contributed by atoms with E-state index in [0.29, 0.717) is 36.6 Å². The Kier molecular flexibility index (Phi) is 9.30. The van der Waals surface area contributed by atoms with E-state index >= 15 is 0 Å². The first kappa shape index (κ1) is 30.9. The van der Waals surface area contributed by atoms with Gasteiger partial charge in [0, 0.05) is 50.1 Å². The smallest absolute Gasteiger partial charge is 0.272 e. The molecule has 43 heavy (non-hydrogen) atoms. The minimum absolute atomic E-state index is 0.144. The zero-order valence-corrected chi connectivity index (χ0v) is 26.2. The maximum atomic E-state index is 13.3. The van der Waals surface area contributed by atoms with Crippen LogP contribution in [0, 0.1) is 11.8 Å². The first-order valence-corrected chi connectivity index (χ1v) is 16.7. The number of hydrogen-bond acceptors (Lipinski definition) is 7. The highest BCUT2D eigenvalue weighted by Gasteiger charge is 2.32. The predicted octanol–water partition coefficient (Wildman–Crippen LogP) is 4.01. The van der Waals surface area contributed by atoms with E-state index in [9.17, 15) is 22.8 Å². The van der Waals surface area contributed by atoms with E-state index < -0.39 is 27.7 Å². The van der Waals surface area contributed by atoms with Gasteiger partial charge in [-0.3, -0.25) is 30.1 Å². The number of rotatable bonds is 7. The second kappa shape index (κ2) is 13.0. The van der Waals surface area contributed by atoms with Gasteiger partial charge in [-0.1, -0.05) is 44.2 Å². The maximum Gasteiger partial charge on any atom is 0.272 e. The Balaban J connectivity index is 1.35. The number of carbonyl (C=O) groups is 3. The van der Waals surface area contributed by atoms with Crippen LogP contribution in [0.25, 0.3) is 0 Å². The van der Waals surface area contributed by atoms with Crippen molar-refractivity contribution in [3.63, 3.8) is 0 Å². The summed E-state index contributed by atoms with van der Waals surface area (Å²) in [5.74, 6) is -0.825. The molecule has 2 aliphatic heterocycles. The molecule has 0 bridgehead atoms. The molecule has 3 N–H and O–H groups in total. The molecule has 228 valence electrons. The molecule has 1 saturated heterocycles. The van der Waals surface area contributed by atoms with Crippen LogP contribution in [0.3, 0.4) is 0 Å². The van der Waals surface area contributed by atoms with E-state index in [0.717, 1.165) is 30.0 Å². The van der Waals surface area contributed by atoms with Crippen LogP contribution in [-0.2, 0) is 34.3 Å². The van der Waals surface area contributed by atoms with Gasteiger partial charge in [0.25, 0.3) is 11.8 Å². The summed E-state index contributed by atoms with van der Waals surface area (Å²) in [7, 11) is -3.68. The third-order valence-electron chi connectivity index (χ3n) is 7.78. The van der Waals surface area contributed by atoms with Crippen molar-refractivity contribution < 1.29 is 22.8 Å². The molecule has 3 amide bonds. The number of fused-ring (bicyclic) bond motifs is 1. The fourth-order valence-corrected chi connectivity index (χ4v) is 8.84. The van der Waals surface area contributed by atoms with Gasteiger partial charge in [-0.05, 0) is 60.1 Å². The minimum atomic E-state index is -3.68. The Labute approximate surface area is 256 Å². The molecule has 2 aromatic carbocycles. The Morgan fingerprint density at radius 3 is 2.26 bits per heavy atom. The molecule has 2 atom stereocenters. The minimum Gasteiger partial charge on any atom is -0.313 e. The molecule has 5 rings (SSSR count). The molecule has 0 saturated carbocycles. The number of hydrogen-bond donors (Lipinski definition) is 3. The lowest BCUT2D eigenvalue weighted by Gasteiger charge is -2.34. The number of sulfonamides is 1. The number of hydrazine groups is 1. The van der Waals surface area contributed by atoms with Crippen LogP contribution >= 0.6 is 11.3 Å². The van der Waals surface area contributed by atoms with E-state index in [1.54, 1.807) is 0 Å². The maximum absolute atomic E-state index is 13.3. The third-order valence-corrected chi connectivity index (χ3v) is 10.8. The van der Waals surface area contributed by atoms with Crippen LogP contribution in [0.2, 0.25) is 0 Å². The van der Waals surface area contributed by atoms with Gasteiger partial charge in [-0.25, -0.2) is 8.42 Å². The van der Waals surface area contributed by atoms with E-state index in [-0.39, 0.29) is 22.3 Å². The van der Waals surface area contributed by atoms with Crippen molar-refractivity contribution in [3.8, 4) is 0 Å².